The minimum Gasteiger partial charge on any atom is -0.455 e. The van der Waals surface area contributed by atoms with Crippen LogP contribution in [-0.2, 0) is 52.8 Å². The number of benzene rings is 4. The van der Waals surface area contributed by atoms with Crippen LogP contribution in [0.2, 0.25) is 0 Å². The SMILES string of the molecule is CC(C)(C)c1cc(NC(=O)Nc2ccc(Oc3ccnc4[nH]c(=O)cnc34)cc2F)n(CC2CC2)n1.CC(C)(C)c1cc(NC(=O)Nc2ccc(Oc3ccnc4[nH]c(=O)cnc34)cc2F)n(CC2CCC2)n1.CN(C)CCn1nc(C(C)(C)C)cc1NC(=O)Nc1ccc(Oc2ccnc3[nH]c(=O)cnc23)cc1F.COCn1nc(C(C)(C)C)cc1NC(=O)Nc1ccc(Oc2ccnc3[nH]c(=O)cnc23)cc1F. The third-order valence-electron chi connectivity index (χ3n) is 22.4. The van der Waals surface area contributed by atoms with Gasteiger partial charge in [0.2, 0.25) is 0 Å². The Balaban J connectivity index is 0.000000145. The molecule has 12 aromatic heterocycles. The zero-order chi connectivity index (χ0) is 104. The number of ether oxygens (including phenoxy) is 5. The highest BCUT2D eigenvalue weighted by Gasteiger charge is 2.31. The van der Waals surface area contributed by atoms with Crippen molar-refractivity contribution in [3.8, 4) is 46.0 Å². The summed E-state index contributed by atoms with van der Waals surface area (Å²) in [5, 5.41) is 39.7. The molecule has 0 saturated heterocycles. The van der Waals surface area contributed by atoms with E-state index in [2.05, 4.69) is 159 Å². The minimum absolute atomic E-state index is 0.00649. The lowest BCUT2D eigenvalue weighted by atomic mass is 9.85. The summed E-state index contributed by atoms with van der Waals surface area (Å²) < 4.78 is 94.3. The number of aromatic amines is 4. The number of rotatable bonds is 25. The monoisotopic (exact) mass is 1990 g/mol. The first kappa shape index (κ1) is 102. The molecule has 46 heteroatoms. The van der Waals surface area contributed by atoms with E-state index in [0.29, 0.717) is 81.0 Å². The predicted octanol–water partition coefficient (Wildman–Crippen LogP) is 17.9. The summed E-state index contributed by atoms with van der Waals surface area (Å²) in [5.74, 6) is 2.34. The van der Waals surface area contributed by atoms with E-state index >= 15 is 0 Å². The maximum Gasteiger partial charge on any atom is 0.324 e. The number of hydrogen-bond acceptors (Lipinski definition) is 26. The summed E-state index contributed by atoms with van der Waals surface area (Å²) in [7, 11) is 5.43. The minimum atomic E-state index is -0.710. The maximum atomic E-state index is 14.9. The molecule has 4 aromatic carbocycles. The van der Waals surface area contributed by atoms with Crippen LogP contribution in [0.25, 0.3) is 44.7 Å². The van der Waals surface area contributed by atoms with E-state index in [0.717, 1.165) is 117 Å². The number of urea groups is 4. The lowest BCUT2D eigenvalue weighted by Crippen LogP contribution is -2.25. The molecule has 145 heavy (non-hydrogen) atoms. The fourth-order valence-electron chi connectivity index (χ4n) is 14.2. The summed E-state index contributed by atoms with van der Waals surface area (Å²) in [6, 6.07) is 27.3. The molecule has 2 aliphatic carbocycles. The van der Waals surface area contributed by atoms with Crippen molar-refractivity contribution in [3.05, 3.63) is 258 Å². The molecule has 0 radical (unpaired) electrons. The number of nitrogens with one attached hydrogen (secondary N) is 12. The number of aromatic nitrogens is 20. The number of likely N-dealkylation sites (N-methyl/N-ethyl adjacent to an activating group) is 1. The Hall–Kier alpha value is -17.2. The van der Waals surface area contributed by atoms with Crippen molar-refractivity contribution in [1.29, 1.82) is 0 Å². The zero-order valence-corrected chi connectivity index (χ0v) is 81.8. The van der Waals surface area contributed by atoms with Gasteiger partial charge in [0.25, 0.3) is 22.2 Å². The molecule has 0 spiro atoms. The van der Waals surface area contributed by atoms with Gasteiger partial charge in [-0.3, -0.25) is 40.4 Å². The van der Waals surface area contributed by atoms with Crippen LogP contribution >= 0.6 is 0 Å². The average Bonchev–Trinajstić information content (AvgIpc) is 1.36. The molecule has 2 fully saturated rings. The van der Waals surface area contributed by atoms with Crippen molar-refractivity contribution in [1.82, 2.24) is 104 Å². The number of fused-ring (bicyclic) bond motifs is 4. The Morgan fingerprint density at radius 1 is 0.359 bits per heavy atom. The first-order chi connectivity index (χ1) is 68.9. The molecule has 2 saturated carbocycles. The highest BCUT2D eigenvalue weighted by molar-refractivity contribution is 6.02. The molecule has 8 amide bonds. The van der Waals surface area contributed by atoms with Gasteiger partial charge >= 0.3 is 24.1 Å². The Bertz CT molecular complexity index is 7750. The van der Waals surface area contributed by atoms with Gasteiger partial charge in [-0.15, -0.1) is 0 Å². The quantitative estimate of drug-likeness (QED) is 0.0236. The fraction of sp³-hybridized carbons (Fsp3) is 0.313. The summed E-state index contributed by atoms with van der Waals surface area (Å²) in [4.78, 5) is 141. The van der Waals surface area contributed by atoms with Gasteiger partial charge in [0.05, 0.1) is 76.9 Å². The van der Waals surface area contributed by atoms with Crippen molar-refractivity contribution in [2.24, 2.45) is 11.8 Å². The molecule has 0 atom stereocenters. The smallest absolute Gasteiger partial charge is 0.324 e. The first-order valence-electron chi connectivity index (χ1n) is 46.0. The van der Waals surface area contributed by atoms with Crippen LogP contribution in [0.1, 0.15) is 138 Å². The van der Waals surface area contributed by atoms with E-state index in [-0.39, 0.29) is 102 Å². The van der Waals surface area contributed by atoms with Gasteiger partial charge in [0.15, 0.2) is 45.6 Å². The number of halogens is 4. The second-order valence-electron chi connectivity index (χ2n) is 38.5. The number of methoxy groups -OCH3 is 1. The lowest BCUT2D eigenvalue weighted by molar-refractivity contribution is 0.121. The zero-order valence-electron chi connectivity index (χ0n) is 81.8. The second kappa shape index (κ2) is 43.5. The second-order valence-corrected chi connectivity index (χ2v) is 38.5. The van der Waals surface area contributed by atoms with Gasteiger partial charge in [-0.25, -0.2) is 95.3 Å². The number of carbonyl (C=O) groups is 4. The van der Waals surface area contributed by atoms with E-state index < -0.39 is 69.6 Å². The Labute approximate surface area is 824 Å². The van der Waals surface area contributed by atoms with Crippen LogP contribution in [-0.4, -0.2) is 156 Å². The summed E-state index contributed by atoms with van der Waals surface area (Å²) in [6.07, 6.45) is 16.1. The van der Waals surface area contributed by atoms with Crippen LogP contribution in [0.3, 0.4) is 0 Å². The van der Waals surface area contributed by atoms with Crippen molar-refractivity contribution in [3.63, 3.8) is 0 Å². The Morgan fingerprint density at radius 2 is 0.621 bits per heavy atom. The van der Waals surface area contributed by atoms with Gasteiger partial charge < -0.3 is 69.8 Å². The molecule has 0 aliphatic heterocycles. The molecule has 0 unspecified atom stereocenters. The molecule has 12 N–H and O–H groups in total. The topological polar surface area (TPSA) is 520 Å². The van der Waals surface area contributed by atoms with Crippen molar-refractivity contribution in [2.75, 3.05) is 70.3 Å². The van der Waals surface area contributed by atoms with Crippen molar-refractivity contribution < 1.29 is 60.4 Å². The number of pyridine rings is 4. The molecular formula is C99H107F4N29O13. The van der Waals surface area contributed by atoms with Crippen LogP contribution in [0.15, 0.2) is 190 Å². The van der Waals surface area contributed by atoms with Crippen molar-refractivity contribution in [2.45, 2.75) is 163 Å². The number of hydrogen-bond donors (Lipinski definition) is 12. The summed E-state index contributed by atoms with van der Waals surface area (Å²) >= 11 is 0. The number of nitrogens with zero attached hydrogens (tertiary/aromatic N) is 17. The molecule has 12 heterocycles. The number of carbonyl (C=O) groups excluding carboxylic acids is 4. The maximum absolute atomic E-state index is 14.9. The van der Waals surface area contributed by atoms with Crippen LogP contribution in [0.4, 0.5) is 82.8 Å². The molecule has 18 rings (SSSR count). The third kappa shape index (κ3) is 26.7. The number of anilines is 8. The standard InChI is InChI=1S/C26H28FN7O3.C25H29FN8O3.C25H26FN7O3.C23H24FN7O4/c1-26(2,3)20-12-21(34(33-20)14-15-5-4-6-15)31-25(36)30-18-8-7-16(11-17(18)27)37-19-9-10-28-24-23(19)29-13-22(35)32-24;1-25(2,3)19-13-20(34(32-19)11-10-33(4)5)30-24(36)29-17-7-6-15(12-16(17)26)37-18-8-9-27-23-22(18)28-14-21(35)31-23;1-25(2,3)19-11-20(33(32-19)13-14-4-5-14)30-24(35)29-17-7-6-15(10-16(17)26)36-18-8-9-27-23-22(18)28-12-21(34)31-23;1-23(2,3)17-10-18(31(30-17)12-34-4)28-22(33)27-15-6-5-13(9-14(15)24)35-16-7-8-25-21-20(16)26-11-19(32)29-21/h7-13,15H,4-6,14H2,1-3H3,(H,28,32,35)(H2,30,31,36);6-9,12-14H,10-11H2,1-5H3,(H,27,31,35)(H2,29,30,36);6-12,14H,4-5,13H2,1-3H3,(H,27,31,34)(H2,29,30,35);5-11H,12H2,1-4H3,(H,25,29,32)(H2,27,28,33). The summed E-state index contributed by atoms with van der Waals surface area (Å²) in [6.45, 7) is 27.4. The summed E-state index contributed by atoms with van der Waals surface area (Å²) in [5.41, 5.74) is 3.18. The van der Waals surface area contributed by atoms with Gasteiger partial charge in [0, 0.05) is 146 Å². The number of amides is 8. The van der Waals surface area contributed by atoms with Crippen LogP contribution in [0, 0.1) is 35.1 Å². The molecule has 16 aromatic rings. The molecule has 754 valence electrons. The fourth-order valence-corrected chi connectivity index (χ4v) is 14.2. The normalized spacial score (nSPS) is 12.6. The van der Waals surface area contributed by atoms with Gasteiger partial charge in [-0.2, -0.15) is 20.4 Å². The third-order valence-corrected chi connectivity index (χ3v) is 22.4. The largest absolute Gasteiger partial charge is 0.455 e. The highest BCUT2D eigenvalue weighted by Crippen LogP contribution is 2.39. The van der Waals surface area contributed by atoms with E-state index in [4.69, 9.17) is 28.8 Å². The lowest BCUT2D eigenvalue weighted by Gasteiger charge is -2.26. The Morgan fingerprint density at radius 3 is 0.869 bits per heavy atom. The average molecular weight is 1990 g/mol. The molecular weight excluding hydrogens is 1880 g/mol. The molecule has 2 aliphatic rings. The predicted molar refractivity (Wildman–Crippen MR) is 536 cm³/mol. The van der Waals surface area contributed by atoms with Crippen LogP contribution < -0.4 is 83.7 Å². The van der Waals surface area contributed by atoms with E-state index in [1.165, 1.54) is 91.5 Å². The first-order valence-corrected chi connectivity index (χ1v) is 46.0. The van der Waals surface area contributed by atoms with E-state index in [1.54, 1.807) is 35.0 Å². The number of H-pyrrole nitrogens is 4. The van der Waals surface area contributed by atoms with E-state index in [9.17, 15) is 55.9 Å². The van der Waals surface area contributed by atoms with Crippen molar-refractivity contribution >= 4 is 115 Å². The van der Waals surface area contributed by atoms with Gasteiger partial charge in [-0.1, -0.05) is 89.5 Å². The van der Waals surface area contributed by atoms with Crippen LogP contribution in [0.5, 0.6) is 46.0 Å². The van der Waals surface area contributed by atoms with E-state index in [1.807, 2.05) is 88.1 Å². The Kier molecular flexibility index (Phi) is 30.7. The van der Waals surface area contributed by atoms with Gasteiger partial charge in [-0.05, 0) is 100 Å². The highest BCUT2D eigenvalue weighted by atomic mass is 19.1. The van der Waals surface area contributed by atoms with Gasteiger partial charge in [0.1, 0.15) is 98.3 Å². The molecule has 42 nitrogen and oxygen atoms in total. The molecule has 0 bridgehead atoms.